The summed E-state index contributed by atoms with van der Waals surface area (Å²) in [4.78, 5) is 19.6. The van der Waals surface area contributed by atoms with Crippen LogP contribution in [0.3, 0.4) is 0 Å². The van der Waals surface area contributed by atoms with Crippen molar-refractivity contribution in [3.05, 3.63) is 83.2 Å². The van der Waals surface area contributed by atoms with Crippen LogP contribution in [0.2, 0.25) is 5.02 Å². The number of amides is 1. The van der Waals surface area contributed by atoms with Crippen LogP contribution in [-0.2, 0) is 4.79 Å². The smallest absolute Gasteiger partial charge is 0.267 e. The van der Waals surface area contributed by atoms with Crippen LogP contribution < -0.4 is 14.4 Å². The molecule has 1 aliphatic rings. The van der Waals surface area contributed by atoms with E-state index in [1.165, 1.54) is 0 Å². The Morgan fingerprint density at radius 2 is 1.85 bits per heavy atom. The van der Waals surface area contributed by atoms with E-state index in [9.17, 15) is 4.79 Å². The molecule has 3 aromatic carbocycles. The molecule has 34 heavy (non-hydrogen) atoms. The van der Waals surface area contributed by atoms with Crippen molar-refractivity contribution in [1.29, 1.82) is 0 Å². The van der Waals surface area contributed by atoms with E-state index in [1.54, 1.807) is 35.3 Å². The first-order chi connectivity index (χ1) is 16.6. The Morgan fingerprint density at radius 1 is 1.06 bits per heavy atom. The Balaban J connectivity index is 1.33. The quantitative estimate of drug-likeness (QED) is 0.270. The van der Waals surface area contributed by atoms with Crippen LogP contribution in [0.4, 0.5) is 5.69 Å². The van der Waals surface area contributed by atoms with Gasteiger partial charge in [-0.05, 0) is 55.8 Å². The number of ether oxygens (including phenoxy) is 2. The van der Waals surface area contributed by atoms with Gasteiger partial charge in [-0.2, -0.15) is 0 Å². The summed E-state index contributed by atoms with van der Waals surface area (Å²) in [5.74, 6) is 1.40. The van der Waals surface area contributed by atoms with Gasteiger partial charge in [-0.1, -0.05) is 41.9 Å². The van der Waals surface area contributed by atoms with Crippen molar-refractivity contribution in [2.75, 3.05) is 18.1 Å². The van der Waals surface area contributed by atoms with Crippen LogP contribution in [0, 0.1) is 0 Å². The molecule has 5 rings (SSSR count). The van der Waals surface area contributed by atoms with Gasteiger partial charge in [-0.15, -0.1) is 11.3 Å². The zero-order valence-electron chi connectivity index (χ0n) is 18.6. The average molecular weight is 491 g/mol. The third-order valence-corrected chi connectivity index (χ3v) is 6.74. The van der Waals surface area contributed by atoms with Gasteiger partial charge in [-0.25, -0.2) is 4.98 Å². The van der Waals surface area contributed by atoms with Crippen molar-refractivity contribution in [2.24, 2.45) is 0 Å². The molecule has 4 aromatic rings. The lowest BCUT2D eigenvalue weighted by atomic mass is 10.1. The van der Waals surface area contributed by atoms with Crippen molar-refractivity contribution in [3.8, 4) is 33.3 Å². The molecule has 5 nitrogen and oxygen atoms in total. The summed E-state index contributed by atoms with van der Waals surface area (Å²) in [7, 11) is 0. The van der Waals surface area contributed by atoms with Crippen molar-refractivity contribution < 1.29 is 14.3 Å². The second-order valence-corrected chi connectivity index (χ2v) is 9.29. The van der Waals surface area contributed by atoms with E-state index < -0.39 is 6.10 Å². The fourth-order valence-corrected chi connectivity index (χ4v) is 4.82. The summed E-state index contributed by atoms with van der Waals surface area (Å²) in [5, 5.41) is 3.68. The predicted octanol–water partition coefficient (Wildman–Crippen LogP) is 6.71. The Hall–Kier alpha value is -3.35. The second kappa shape index (κ2) is 9.87. The number of aromatic nitrogens is 1. The average Bonchev–Trinajstić information content (AvgIpc) is 3.36. The summed E-state index contributed by atoms with van der Waals surface area (Å²) < 4.78 is 11.7. The van der Waals surface area contributed by atoms with Gasteiger partial charge in [0.1, 0.15) is 16.5 Å². The molecule has 0 saturated carbocycles. The van der Waals surface area contributed by atoms with Crippen molar-refractivity contribution in [1.82, 2.24) is 4.98 Å². The number of benzene rings is 3. The molecule has 0 saturated heterocycles. The number of rotatable bonds is 7. The molecule has 1 atom stereocenters. The molecule has 0 spiro atoms. The molecule has 1 aromatic heterocycles. The third kappa shape index (κ3) is 4.79. The molecule has 172 valence electrons. The Morgan fingerprint density at radius 3 is 2.65 bits per heavy atom. The lowest BCUT2D eigenvalue weighted by Gasteiger charge is -2.33. The van der Waals surface area contributed by atoms with Gasteiger partial charge >= 0.3 is 0 Å². The fraction of sp³-hybridized carbons (Fsp3) is 0.185. The maximum atomic E-state index is 13.0. The zero-order chi connectivity index (χ0) is 23.5. The van der Waals surface area contributed by atoms with Crippen LogP contribution in [0.15, 0.2) is 78.2 Å². The Kier molecular flexibility index (Phi) is 6.52. The molecule has 1 unspecified atom stereocenters. The second-order valence-electron chi connectivity index (χ2n) is 7.99. The molecule has 0 bridgehead atoms. The normalized spacial score (nSPS) is 15.1. The minimum absolute atomic E-state index is 0.0561. The van der Waals surface area contributed by atoms with E-state index in [4.69, 9.17) is 26.1 Å². The fourth-order valence-electron chi connectivity index (χ4n) is 3.86. The van der Waals surface area contributed by atoms with Gasteiger partial charge in [0.15, 0.2) is 6.10 Å². The first-order valence-corrected chi connectivity index (χ1v) is 12.4. The maximum Gasteiger partial charge on any atom is 0.267 e. The molecule has 1 aliphatic heterocycles. The number of fused-ring (bicyclic) bond motifs is 1. The summed E-state index contributed by atoms with van der Waals surface area (Å²) >= 11 is 7.53. The Labute approximate surface area is 207 Å². The van der Waals surface area contributed by atoms with Gasteiger partial charge in [0.05, 0.1) is 18.0 Å². The number of hydrogen-bond acceptors (Lipinski definition) is 5. The highest BCUT2D eigenvalue weighted by Crippen LogP contribution is 2.38. The lowest BCUT2D eigenvalue weighted by molar-refractivity contribution is -0.125. The molecule has 0 fully saturated rings. The topological polar surface area (TPSA) is 51.7 Å². The van der Waals surface area contributed by atoms with E-state index in [0.29, 0.717) is 30.3 Å². The molecule has 0 aliphatic carbocycles. The van der Waals surface area contributed by atoms with Crippen molar-refractivity contribution in [3.63, 3.8) is 0 Å². The summed E-state index contributed by atoms with van der Waals surface area (Å²) in [6.45, 7) is 2.80. The van der Waals surface area contributed by atoms with E-state index in [1.807, 2.05) is 53.9 Å². The first kappa shape index (κ1) is 22.4. The Bertz CT molecular complexity index is 1290. The van der Waals surface area contributed by atoms with Crippen LogP contribution in [0.25, 0.3) is 21.8 Å². The van der Waals surface area contributed by atoms with Gasteiger partial charge in [-0.3, -0.25) is 4.79 Å². The summed E-state index contributed by atoms with van der Waals surface area (Å²) in [6.07, 6.45) is 0.152. The highest BCUT2D eigenvalue weighted by molar-refractivity contribution is 7.13. The van der Waals surface area contributed by atoms with Crippen LogP contribution >= 0.6 is 22.9 Å². The molecule has 1 amide bonds. The lowest BCUT2D eigenvalue weighted by Crippen LogP contribution is -2.45. The number of carbonyl (C=O) groups excluding carboxylic acids is 1. The molecular weight excluding hydrogens is 468 g/mol. The highest BCUT2D eigenvalue weighted by atomic mass is 35.5. The predicted molar refractivity (Wildman–Crippen MR) is 137 cm³/mol. The number of hydrogen-bond donors (Lipinski definition) is 0. The van der Waals surface area contributed by atoms with E-state index in [-0.39, 0.29) is 5.91 Å². The molecule has 2 heterocycles. The minimum Gasteiger partial charge on any atom is -0.494 e. The van der Waals surface area contributed by atoms with Crippen molar-refractivity contribution in [2.45, 2.75) is 19.4 Å². The SMILES string of the molecule is CC1Oc2ccc(-c3csc(-c4ccccc4)n3)cc2N(CCCOc2ccc(Cl)cc2)C1=O. The van der Waals surface area contributed by atoms with Crippen LogP contribution in [0.5, 0.6) is 11.5 Å². The third-order valence-electron chi connectivity index (χ3n) is 5.60. The first-order valence-electron chi connectivity index (χ1n) is 11.1. The molecule has 0 radical (unpaired) electrons. The molecule has 7 heteroatoms. The summed E-state index contributed by atoms with van der Waals surface area (Å²) in [6, 6.07) is 23.3. The maximum absolute atomic E-state index is 13.0. The van der Waals surface area contributed by atoms with E-state index in [2.05, 4.69) is 12.1 Å². The monoisotopic (exact) mass is 490 g/mol. The number of anilines is 1. The number of carbonyl (C=O) groups is 1. The van der Waals surface area contributed by atoms with Gasteiger partial charge < -0.3 is 14.4 Å². The minimum atomic E-state index is -0.528. The molecular formula is C27H23ClN2O3S. The van der Waals surface area contributed by atoms with Gasteiger partial charge in [0, 0.05) is 28.1 Å². The number of nitrogens with zero attached hydrogens (tertiary/aromatic N) is 2. The standard InChI is InChI=1S/C27H23ClN2O3S/c1-18-27(31)30(14-5-15-32-22-11-9-21(28)10-12-22)24-16-20(8-13-25(24)33-18)23-17-34-26(29-23)19-6-3-2-4-7-19/h2-4,6-13,16-18H,5,14-15H2,1H3. The number of thiazole rings is 1. The highest BCUT2D eigenvalue weighted by Gasteiger charge is 2.31. The van der Waals surface area contributed by atoms with Gasteiger partial charge in [0.2, 0.25) is 0 Å². The van der Waals surface area contributed by atoms with Gasteiger partial charge in [0.25, 0.3) is 5.91 Å². The molecule has 0 N–H and O–H groups in total. The van der Waals surface area contributed by atoms with Crippen LogP contribution in [0.1, 0.15) is 13.3 Å². The zero-order valence-corrected chi connectivity index (χ0v) is 20.2. The van der Waals surface area contributed by atoms with E-state index >= 15 is 0 Å². The van der Waals surface area contributed by atoms with Crippen LogP contribution in [-0.4, -0.2) is 30.1 Å². The van der Waals surface area contributed by atoms with Crippen molar-refractivity contribution >= 4 is 34.5 Å². The van der Waals surface area contributed by atoms with E-state index in [0.717, 1.165) is 33.3 Å². The number of halogens is 1. The largest absolute Gasteiger partial charge is 0.494 e. The summed E-state index contributed by atoms with van der Waals surface area (Å²) in [5.41, 5.74) is 3.68.